The Morgan fingerprint density at radius 1 is 1.50 bits per heavy atom. The number of pyridine rings is 1. The molecule has 1 aromatic heterocycles. The van der Waals surface area contributed by atoms with Gasteiger partial charge in [-0.2, -0.15) is 0 Å². The standard InChI is InChI=1S/C11H14N2O3/c1-7(2)11(14)6-9-4-5-10(13(15)16)8(3)12-9/h4-5,7H,6H2,1-3H3. The Bertz CT molecular complexity index is 427. The molecule has 1 aromatic rings. The number of nitrogens with zero attached hydrogens (tertiary/aromatic N) is 2. The highest BCUT2D eigenvalue weighted by atomic mass is 16.6. The van der Waals surface area contributed by atoms with E-state index in [1.54, 1.807) is 6.92 Å². The molecular weight excluding hydrogens is 208 g/mol. The maximum absolute atomic E-state index is 11.5. The van der Waals surface area contributed by atoms with Gasteiger partial charge in [-0.15, -0.1) is 0 Å². The summed E-state index contributed by atoms with van der Waals surface area (Å²) in [5.41, 5.74) is 0.918. The zero-order chi connectivity index (χ0) is 12.3. The molecule has 0 aliphatic rings. The molecule has 0 radical (unpaired) electrons. The number of hydrogen-bond acceptors (Lipinski definition) is 4. The summed E-state index contributed by atoms with van der Waals surface area (Å²) in [6, 6.07) is 2.93. The average Bonchev–Trinajstić information content (AvgIpc) is 2.16. The lowest BCUT2D eigenvalue weighted by molar-refractivity contribution is -0.385. The average molecular weight is 222 g/mol. The van der Waals surface area contributed by atoms with Crippen LogP contribution in [0.5, 0.6) is 0 Å². The third-order valence-electron chi connectivity index (χ3n) is 2.31. The molecule has 1 rings (SSSR count). The van der Waals surface area contributed by atoms with E-state index in [1.165, 1.54) is 12.1 Å². The molecule has 0 atom stereocenters. The lowest BCUT2D eigenvalue weighted by Gasteiger charge is -2.04. The van der Waals surface area contributed by atoms with Gasteiger partial charge in [-0.1, -0.05) is 13.8 Å². The highest BCUT2D eigenvalue weighted by Gasteiger charge is 2.14. The Hall–Kier alpha value is -1.78. The lowest BCUT2D eigenvalue weighted by atomic mass is 10.0. The summed E-state index contributed by atoms with van der Waals surface area (Å²) in [5.74, 6) is 0.0399. The summed E-state index contributed by atoms with van der Waals surface area (Å²) >= 11 is 0. The van der Waals surface area contributed by atoms with Crippen molar-refractivity contribution in [2.24, 2.45) is 5.92 Å². The number of nitro groups is 1. The highest BCUT2D eigenvalue weighted by molar-refractivity contribution is 5.82. The molecule has 0 fully saturated rings. The topological polar surface area (TPSA) is 73.1 Å². The van der Waals surface area contributed by atoms with Gasteiger partial charge in [-0.3, -0.25) is 19.9 Å². The molecule has 0 aliphatic heterocycles. The molecule has 0 aliphatic carbocycles. The van der Waals surface area contributed by atoms with Crippen molar-refractivity contribution in [3.63, 3.8) is 0 Å². The van der Waals surface area contributed by atoms with Gasteiger partial charge < -0.3 is 0 Å². The molecule has 5 heteroatoms. The van der Waals surface area contributed by atoms with E-state index >= 15 is 0 Å². The smallest absolute Gasteiger partial charge is 0.290 e. The highest BCUT2D eigenvalue weighted by Crippen LogP contribution is 2.16. The molecule has 0 spiro atoms. The fraction of sp³-hybridized carbons (Fsp3) is 0.455. The minimum atomic E-state index is -0.476. The van der Waals surface area contributed by atoms with Gasteiger partial charge >= 0.3 is 0 Å². The second-order valence-electron chi connectivity index (χ2n) is 3.96. The number of aryl methyl sites for hydroxylation is 1. The van der Waals surface area contributed by atoms with Crippen LogP contribution in [0.4, 0.5) is 5.69 Å². The summed E-state index contributed by atoms with van der Waals surface area (Å²) in [6.45, 7) is 5.21. The van der Waals surface area contributed by atoms with Crippen molar-refractivity contribution in [3.05, 3.63) is 33.6 Å². The van der Waals surface area contributed by atoms with Gasteiger partial charge in [0.05, 0.1) is 4.92 Å². The molecule has 0 N–H and O–H groups in total. The van der Waals surface area contributed by atoms with Crippen LogP contribution in [0.15, 0.2) is 12.1 Å². The van der Waals surface area contributed by atoms with Crippen LogP contribution in [0, 0.1) is 23.0 Å². The van der Waals surface area contributed by atoms with Gasteiger partial charge in [-0.25, -0.2) is 0 Å². The van der Waals surface area contributed by atoms with Gasteiger partial charge in [-0.05, 0) is 13.0 Å². The largest absolute Gasteiger partial charge is 0.299 e. The molecule has 1 heterocycles. The van der Waals surface area contributed by atoms with Crippen LogP contribution >= 0.6 is 0 Å². The van der Waals surface area contributed by atoms with E-state index in [0.29, 0.717) is 11.4 Å². The van der Waals surface area contributed by atoms with Crippen molar-refractivity contribution in [3.8, 4) is 0 Å². The summed E-state index contributed by atoms with van der Waals surface area (Å²) < 4.78 is 0. The van der Waals surface area contributed by atoms with Crippen LogP contribution in [0.2, 0.25) is 0 Å². The Balaban J connectivity index is 2.90. The minimum absolute atomic E-state index is 0.0132. The van der Waals surface area contributed by atoms with Crippen molar-refractivity contribution in [1.82, 2.24) is 4.98 Å². The first-order valence-corrected chi connectivity index (χ1v) is 5.05. The third-order valence-corrected chi connectivity index (χ3v) is 2.31. The van der Waals surface area contributed by atoms with Gasteiger partial charge in [0.2, 0.25) is 0 Å². The Morgan fingerprint density at radius 3 is 2.56 bits per heavy atom. The van der Waals surface area contributed by atoms with Crippen LogP contribution in [-0.4, -0.2) is 15.7 Å². The van der Waals surface area contributed by atoms with Crippen molar-refractivity contribution in [2.75, 3.05) is 0 Å². The van der Waals surface area contributed by atoms with Crippen LogP contribution in [-0.2, 0) is 11.2 Å². The number of ketones is 1. The molecule has 0 saturated heterocycles. The number of hydrogen-bond donors (Lipinski definition) is 0. The molecule has 0 amide bonds. The van der Waals surface area contributed by atoms with Gasteiger partial charge in [0.15, 0.2) is 0 Å². The Labute approximate surface area is 93.7 Å². The fourth-order valence-electron chi connectivity index (χ4n) is 1.28. The summed E-state index contributed by atoms with van der Waals surface area (Å²) in [4.78, 5) is 25.6. The second kappa shape index (κ2) is 4.83. The van der Waals surface area contributed by atoms with E-state index < -0.39 is 4.92 Å². The van der Waals surface area contributed by atoms with Crippen LogP contribution in [0.1, 0.15) is 25.2 Å². The van der Waals surface area contributed by atoms with Crippen molar-refractivity contribution in [1.29, 1.82) is 0 Å². The monoisotopic (exact) mass is 222 g/mol. The number of Topliss-reactive ketones (excluding diaryl/α,β-unsaturated/α-hetero) is 1. The second-order valence-corrected chi connectivity index (χ2v) is 3.96. The summed E-state index contributed by atoms with van der Waals surface area (Å²) in [7, 11) is 0. The molecule has 86 valence electrons. The van der Waals surface area contributed by atoms with E-state index in [1.807, 2.05) is 13.8 Å². The lowest BCUT2D eigenvalue weighted by Crippen LogP contribution is -2.11. The number of carbonyl (C=O) groups excluding carboxylic acids is 1. The molecule has 16 heavy (non-hydrogen) atoms. The molecule has 0 unspecified atom stereocenters. The Kier molecular flexibility index (Phi) is 3.71. The SMILES string of the molecule is Cc1nc(CC(=O)C(C)C)ccc1[N+](=O)[O-]. The van der Waals surface area contributed by atoms with E-state index in [4.69, 9.17) is 0 Å². The van der Waals surface area contributed by atoms with Crippen molar-refractivity contribution >= 4 is 11.5 Å². The zero-order valence-electron chi connectivity index (χ0n) is 9.56. The van der Waals surface area contributed by atoms with E-state index in [2.05, 4.69) is 4.98 Å². The minimum Gasteiger partial charge on any atom is -0.299 e. The normalized spacial score (nSPS) is 10.5. The zero-order valence-corrected chi connectivity index (χ0v) is 9.56. The van der Waals surface area contributed by atoms with Crippen LogP contribution in [0.25, 0.3) is 0 Å². The first-order valence-electron chi connectivity index (χ1n) is 5.05. The van der Waals surface area contributed by atoms with Crippen LogP contribution in [0.3, 0.4) is 0 Å². The predicted octanol–water partition coefficient (Wildman–Crippen LogP) is 2.07. The molecule has 0 aromatic carbocycles. The van der Waals surface area contributed by atoms with Crippen LogP contribution < -0.4 is 0 Å². The summed E-state index contributed by atoms with van der Waals surface area (Å²) in [6.07, 6.45) is 0.233. The first kappa shape index (κ1) is 12.3. The molecule has 0 saturated carbocycles. The van der Waals surface area contributed by atoms with Gasteiger partial charge in [0.25, 0.3) is 5.69 Å². The molecule has 5 nitrogen and oxygen atoms in total. The molecular formula is C11H14N2O3. The van der Waals surface area contributed by atoms with Gasteiger partial charge in [0, 0.05) is 24.1 Å². The molecule has 0 bridgehead atoms. The number of rotatable bonds is 4. The van der Waals surface area contributed by atoms with E-state index in [-0.39, 0.29) is 23.8 Å². The third kappa shape index (κ3) is 2.85. The van der Waals surface area contributed by atoms with Gasteiger partial charge in [0.1, 0.15) is 11.5 Å². The predicted molar refractivity (Wildman–Crippen MR) is 59.2 cm³/mol. The van der Waals surface area contributed by atoms with E-state index in [0.717, 1.165) is 0 Å². The van der Waals surface area contributed by atoms with E-state index in [9.17, 15) is 14.9 Å². The number of aromatic nitrogens is 1. The number of carbonyl (C=O) groups is 1. The maximum Gasteiger partial charge on any atom is 0.290 e. The fourth-order valence-corrected chi connectivity index (χ4v) is 1.28. The van der Waals surface area contributed by atoms with Crippen molar-refractivity contribution in [2.45, 2.75) is 27.2 Å². The van der Waals surface area contributed by atoms with Crippen molar-refractivity contribution < 1.29 is 9.72 Å². The summed E-state index contributed by atoms with van der Waals surface area (Å²) in [5, 5.41) is 10.6. The maximum atomic E-state index is 11.5. The first-order chi connectivity index (χ1) is 7.41. The quantitative estimate of drug-likeness (QED) is 0.577. The Morgan fingerprint density at radius 2 is 2.12 bits per heavy atom.